The van der Waals surface area contributed by atoms with Crippen molar-refractivity contribution in [1.82, 2.24) is 19.9 Å². The number of hydrogen-bond acceptors (Lipinski definition) is 6. The van der Waals surface area contributed by atoms with Crippen LogP contribution in [0, 0.1) is 0 Å². The van der Waals surface area contributed by atoms with E-state index in [-0.39, 0.29) is 5.41 Å². The van der Waals surface area contributed by atoms with E-state index >= 15 is 0 Å². The van der Waals surface area contributed by atoms with Gasteiger partial charge in [0.15, 0.2) is 29.4 Å². The zero-order valence-corrected chi connectivity index (χ0v) is 32.1. The lowest BCUT2D eigenvalue weighted by atomic mass is 9.81. The molecule has 0 radical (unpaired) electrons. The number of rotatable bonds is 7. The molecule has 6 aromatic carbocycles. The van der Waals surface area contributed by atoms with Gasteiger partial charge in [0.05, 0.1) is 0 Å². The normalized spacial score (nSPS) is 13.7. The summed E-state index contributed by atoms with van der Waals surface area (Å²) in [6.07, 6.45) is 7.70. The number of benzene rings is 6. The fourth-order valence-electron chi connectivity index (χ4n) is 8.22. The molecule has 0 amide bonds. The minimum atomic E-state index is -0.179. The lowest BCUT2D eigenvalue weighted by Crippen LogP contribution is -2.14. The van der Waals surface area contributed by atoms with Crippen molar-refractivity contribution in [2.24, 2.45) is 0 Å². The number of thiophene rings is 1. The van der Waals surface area contributed by atoms with Crippen LogP contribution in [0.5, 0.6) is 0 Å². The minimum absolute atomic E-state index is 0.179. The summed E-state index contributed by atoms with van der Waals surface area (Å²) in [5.41, 5.74) is 13.8. The van der Waals surface area contributed by atoms with Crippen molar-refractivity contribution >= 4 is 53.8 Å². The van der Waals surface area contributed by atoms with Crippen molar-refractivity contribution in [2.45, 2.75) is 26.2 Å². The molecule has 56 heavy (non-hydrogen) atoms. The van der Waals surface area contributed by atoms with E-state index in [9.17, 15) is 0 Å². The molecule has 5 nitrogen and oxygen atoms in total. The molecule has 0 atom stereocenters. The van der Waals surface area contributed by atoms with Crippen molar-refractivity contribution in [3.63, 3.8) is 0 Å². The zero-order valence-electron chi connectivity index (χ0n) is 31.2. The Bertz CT molecular complexity index is 3020. The first-order valence-electron chi connectivity index (χ1n) is 18.8. The Morgan fingerprint density at radius 3 is 2.05 bits per heavy atom. The maximum absolute atomic E-state index is 5.93. The molecule has 3 heterocycles. The van der Waals surface area contributed by atoms with Gasteiger partial charge in [0.2, 0.25) is 0 Å². The molecule has 3 aromatic heterocycles. The Kier molecular flexibility index (Phi) is 7.98. The van der Waals surface area contributed by atoms with E-state index in [1.54, 1.807) is 6.39 Å². The van der Waals surface area contributed by atoms with Crippen molar-refractivity contribution in [3.8, 4) is 45.0 Å². The van der Waals surface area contributed by atoms with Gasteiger partial charge in [-0.15, -0.1) is 11.3 Å². The van der Waals surface area contributed by atoms with Gasteiger partial charge in [-0.25, -0.2) is 19.9 Å². The van der Waals surface area contributed by atoms with Crippen LogP contribution in [0.15, 0.2) is 163 Å². The first kappa shape index (κ1) is 33.8. The summed E-state index contributed by atoms with van der Waals surface area (Å²) in [5.74, 6) is 1.81. The molecule has 1 aliphatic rings. The predicted octanol–water partition coefficient (Wildman–Crippen LogP) is 13.4. The van der Waals surface area contributed by atoms with E-state index in [2.05, 4.69) is 111 Å². The molecule has 0 N–H and O–H groups in total. The van der Waals surface area contributed by atoms with Gasteiger partial charge in [-0.1, -0.05) is 148 Å². The monoisotopic (exact) mass is 740 g/mol. The van der Waals surface area contributed by atoms with Crippen molar-refractivity contribution in [2.75, 3.05) is 0 Å². The molecule has 6 heteroatoms. The number of oxazole rings is 1. The highest BCUT2D eigenvalue weighted by atomic mass is 32.1. The van der Waals surface area contributed by atoms with Crippen LogP contribution >= 0.6 is 11.3 Å². The van der Waals surface area contributed by atoms with Crippen LogP contribution in [-0.4, -0.2) is 19.9 Å². The van der Waals surface area contributed by atoms with E-state index in [0.29, 0.717) is 17.5 Å². The number of fused-ring (bicyclic) bond motifs is 8. The summed E-state index contributed by atoms with van der Waals surface area (Å²) in [5, 5.41) is 2.48. The van der Waals surface area contributed by atoms with Gasteiger partial charge < -0.3 is 4.42 Å². The largest absolute Gasteiger partial charge is 0.443 e. The average Bonchev–Trinajstić information content (AvgIpc) is 3.95. The second-order valence-corrected chi connectivity index (χ2v) is 15.6. The third kappa shape index (κ3) is 5.36. The number of aromatic nitrogens is 4. The molecule has 0 spiro atoms. The van der Waals surface area contributed by atoms with E-state index in [0.717, 1.165) is 44.5 Å². The fourth-order valence-corrected chi connectivity index (χ4v) is 9.59. The quantitative estimate of drug-likeness (QED) is 0.152. The first-order chi connectivity index (χ1) is 27.4. The molecular formula is C50H36N4OS. The maximum atomic E-state index is 5.93. The van der Waals surface area contributed by atoms with E-state index in [1.807, 2.05) is 78.1 Å². The molecule has 0 bridgehead atoms. The summed E-state index contributed by atoms with van der Waals surface area (Å²) in [4.78, 5) is 19.3. The first-order valence-corrected chi connectivity index (χ1v) is 19.6. The van der Waals surface area contributed by atoms with Gasteiger partial charge in [0, 0.05) is 47.9 Å². The van der Waals surface area contributed by atoms with Crippen LogP contribution in [0.3, 0.4) is 0 Å². The van der Waals surface area contributed by atoms with Gasteiger partial charge >= 0.3 is 0 Å². The Morgan fingerprint density at radius 1 is 0.661 bits per heavy atom. The lowest BCUT2D eigenvalue weighted by Gasteiger charge is -2.22. The molecule has 0 unspecified atom stereocenters. The smallest absolute Gasteiger partial charge is 0.182 e. The van der Waals surface area contributed by atoms with Gasteiger partial charge in [-0.2, -0.15) is 0 Å². The molecule has 0 fully saturated rings. The van der Waals surface area contributed by atoms with Crippen LogP contribution in [0.2, 0.25) is 0 Å². The summed E-state index contributed by atoms with van der Waals surface area (Å²) in [6.45, 7) is 10.9. The Balaban J connectivity index is 1.09. The molecule has 268 valence electrons. The second-order valence-electron chi connectivity index (χ2n) is 14.6. The summed E-state index contributed by atoms with van der Waals surface area (Å²) in [6, 6.07) is 44.6. The summed E-state index contributed by atoms with van der Waals surface area (Å²) in [7, 11) is 0. The Labute approximate surface area is 329 Å². The topological polar surface area (TPSA) is 64.7 Å². The van der Waals surface area contributed by atoms with Crippen molar-refractivity contribution in [3.05, 3.63) is 181 Å². The van der Waals surface area contributed by atoms with Crippen LogP contribution < -0.4 is 0 Å². The molecule has 0 saturated carbocycles. The van der Waals surface area contributed by atoms with Crippen molar-refractivity contribution in [1.29, 1.82) is 0 Å². The second kappa shape index (κ2) is 13.2. The Hall–Kier alpha value is -6.76. The summed E-state index contributed by atoms with van der Waals surface area (Å²) < 4.78 is 8.42. The number of allylic oxidation sites excluding steroid dienone is 5. The minimum Gasteiger partial charge on any atom is -0.443 e. The molecular weight excluding hydrogens is 705 g/mol. The van der Waals surface area contributed by atoms with Crippen LogP contribution in [0.4, 0.5) is 0 Å². The van der Waals surface area contributed by atoms with Gasteiger partial charge in [-0.05, 0) is 64.1 Å². The van der Waals surface area contributed by atoms with Gasteiger partial charge in [0.25, 0.3) is 0 Å². The van der Waals surface area contributed by atoms with Crippen LogP contribution in [0.1, 0.15) is 43.3 Å². The maximum Gasteiger partial charge on any atom is 0.182 e. The predicted molar refractivity (Wildman–Crippen MR) is 232 cm³/mol. The Morgan fingerprint density at radius 2 is 1.36 bits per heavy atom. The SMILES string of the molecule is C=C/C(=C\C(=C/C)c1cccc2c1sc1c(-c3ccc4c(c3)C(C)(C)c3ccc5ncoc5c3-4)cccc12)c1nc(-c2ccccc2)nc(-c2ccccc2)n1. The van der Waals surface area contributed by atoms with Crippen molar-refractivity contribution < 1.29 is 4.42 Å². The standard InChI is InChI=1S/C50H36N4OS/c1-5-30(27-31(6-2)47-52-48(32-15-9-7-10-16-32)54-49(53-47)33-17-11-8-12-18-33)35-19-13-21-37-38-22-14-20-36(46(38)56-45(35)37)34-23-24-39-41(28-34)50(3,4)40-25-26-42-44(43(39)40)55-29-51-42/h5-29H,2H2,1,3-4H3/b30-5+,31-27+. The number of nitrogens with zero attached hydrogens (tertiary/aromatic N) is 4. The van der Waals surface area contributed by atoms with Crippen LogP contribution in [0.25, 0.3) is 87.4 Å². The summed E-state index contributed by atoms with van der Waals surface area (Å²) >= 11 is 1.85. The third-order valence-corrected chi connectivity index (χ3v) is 12.4. The van der Waals surface area contributed by atoms with Gasteiger partial charge in [0.1, 0.15) is 5.52 Å². The molecule has 9 aromatic rings. The molecule has 0 saturated heterocycles. The molecule has 1 aliphatic carbocycles. The van der Waals surface area contributed by atoms with E-state index in [4.69, 9.17) is 19.4 Å². The zero-order chi connectivity index (χ0) is 38.0. The highest BCUT2D eigenvalue weighted by molar-refractivity contribution is 7.26. The lowest BCUT2D eigenvalue weighted by molar-refractivity contribution is 0.601. The van der Waals surface area contributed by atoms with E-state index in [1.165, 1.54) is 48.0 Å². The number of hydrogen-bond donors (Lipinski definition) is 0. The average molecular weight is 741 g/mol. The molecule has 10 rings (SSSR count). The highest BCUT2D eigenvalue weighted by Crippen LogP contribution is 2.53. The third-order valence-electron chi connectivity index (χ3n) is 11.1. The van der Waals surface area contributed by atoms with Crippen LogP contribution in [-0.2, 0) is 5.41 Å². The van der Waals surface area contributed by atoms with Gasteiger partial charge in [-0.3, -0.25) is 0 Å². The fraction of sp³-hybridized carbons (Fsp3) is 0.0800. The molecule has 0 aliphatic heterocycles. The highest BCUT2D eigenvalue weighted by Gasteiger charge is 2.38. The van der Waals surface area contributed by atoms with E-state index < -0.39 is 0 Å².